The maximum Gasteiger partial charge on any atom is 0.321 e. The fraction of sp³-hybridized carbons (Fsp3) is 0.263. The third kappa shape index (κ3) is 6.08. The molecule has 0 aliphatic rings. The average molecular weight is 342 g/mol. The molecule has 126 valence electrons. The molecule has 0 radical (unpaired) electrons. The van der Waals surface area contributed by atoms with Gasteiger partial charge in [-0.05, 0) is 31.0 Å². The summed E-state index contributed by atoms with van der Waals surface area (Å²) in [5.74, 6) is 0.376. The van der Waals surface area contributed by atoms with E-state index in [0.717, 1.165) is 5.56 Å². The van der Waals surface area contributed by atoms with Crippen LogP contribution in [0.4, 0.5) is 4.79 Å². The Kier molecular flexibility index (Phi) is 6.88. The van der Waals surface area contributed by atoms with Gasteiger partial charge in [0, 0.05) is 23.6 Å². The smallest absolute Gasteiger partial charge is 0.321 e. The first-order chi connectivity index (χ1) is 11.5. The van der Waals surface area contributed by atoms with Crippen LogP contribution in [0.25, 0.3) is 0 Å². The highest BCUT2D eigenvalue weighted by molar-refractivity contribution is 7.99. The molecule has 5 heteroatoms. The van der Waals surface area contributed by atoms with Gasteiger partial charge in [0.2, 0.25) is 5.91 Å². The summed E-state index contributed by atoms with van der Waals surface area (Å²) < 4.78 is 0. The Morgan fingerprint density at radius 3 is 2.54 bits per heavy atom. The SMILES string of the molecule is Cc1ccc(C)c(SCCC(=O)NC(=O)NCc2ccccc2)c1. The van der Waals surface area contributed by atoms with Crippen molar-refractivity contribution in [1.82, 2.24) is 10.6 Å². The molecule has 0 aliphatic carbocycles. The number of carbonyl (C=O) groups is 2. The van der Waals surface area contributed by atoms with E-state index in [1.54, 1.807) is 11.8 Å². The number of urea groups is 1. The summed E-state index contributed by atoms with van der Waals surface area (Å²) in [7, 11) is 0. The molecule has 0 fully saturated rings. The first-order valence-electron chi connectivity index (χ1n) is 7.86. The molecule has 0 saturated heterocycles. The van der Waals surface area contributed by atoms with Crippen LogP contribution < -0.4 is 10.6 Å². The fourth-order valence-electron chi connectivity index (χ4n) is 2.13. The summed E-state index contributed by atoms with van der Waals surface area (Å²) >= 11 is 1.63. The van der Waals surface area contributed by atoms with E-state index in [9.17, 15) is 9.59 Å². The van der Waals surface area contributed by atoms with E-state index in [1.807, 2.05) is 37.3 Å². The van der Waals surface area contributed by atoms with Gasteiger partial charge in [0.1, 0.15) is 0 Å². The van der Waals surface area contributed by atoms with Crippen LogP contribution >= 0.6 is 11.8 Å². The Balaban J connectivity index is 1.69. The topological polar surface area (TPSA) is 58.2 Å². The van der Waals surface area contributed by atoms with Gasteiger partial charge in [-0.1, -0.05) is 48.0 Å². The molecule has 0 spiro atoms. The lowest BCUT2D eigenvalue weighted by molar-refractivity contribution is -0.119. The van der Waals surface area contributed by atoms with Gasteiger partial charge in [0.15, 0.2) is 0 Å². The van der Waals surface area contributed by atoms with Gasteiger partial charge in [-0.2, -0.15) is 0 Å². The maximum atomic E-state index is 11.8. The van der Waals surface area contributed by atoms with Crippen molar-refractivity contribution in [2.75, 3.05) is 5.75 Å². The molecule has 2 rings (SSSR count). The molecule has 0 bridgehead atoms. The number of thioether (sulfide) groups is 1. The Hall–Kier alpha value is -2.27. The van der Waals surface area contributed by atoms with Crippen molar-refractivity contribution >= 4 is 23.7 Å². The van der Waals surface area contributed by atoms with E-state index in [2.05, 4.69) is 35.8 Å². The van der Waals surface area contributed by atoms with Crippen LogP contribution in [0.2, 0.25) is 0 Å². The molecule has 0 aromatic heterocycles. The van der Waals surface area contributed by atoms with Gasteiger partial charge in [-0.15, -0.1) is 11.8 Å². The van der Waals surface area contributed by atoms with Crippen molar-refractivity contribution in [3.05, 3.63) is 65.2 Å². The molecule has 0 saturated carbocycles. The summed E-state index contributed by atoms with van der Waals surface area (Å²) in [6, 6.07) is 15.4. The molecule has 0 unspecified atom stereocenters. The molecule has 2 N–H and O–H groups in total. The highest BCUT2D eigenvalue weighted by Crippen LogP contribution is 2.23. The Labute approximate surface area is 147 Å². The van der Waals surface area contributed by atoms with Crippen molar-refractivity contribution in [3.8, 4) is 0 Å². The highest BCUT2D eigenvalue weighted by Gasteiger charge is 2.08. The number of rotatable bonds is 6. The lowest BCUT2D eigenvalue weighted by Crippen LogP contribution is -2.39. The number of hydrogen-bond donors (Lipinski definition) is 2. The summed E-state index contributed by atoms with van der Waals surface area (Å²) in [6.07, 6.45) is 0.302. The van der Waals surface area contributed by atoms with Crippen LogP contribution in [-0.2, 0) is 11.3 Å². The maximum absolute atomic E-state index is 11.8. The molecule has 2 aromatic carbocycles. The molecular weight excluding hydrogens is 320 g/mol. The summed E-state index contributed by atoms with van der Waals surface area (Å²) in [5.41, 5.74) is 3.39. The molecule has 0 heterocycles. The zero-order valence-corrected chi connectivity index (χ0v) is 14.8. The van der Waals surface area contributed by atoms with Crippen molar-refractivity contribution in [3.63, 3.8) is 0 Å². The molecule has 2 aromatic rings. The molecular formula is C19H22N2O2S. The zero-order valence-electron chi connectivity index (χ0n) is 14.0. The monoisotopic (exact) mass is 342 g/mol. The minimum absolute atomic E-state index is 0.265. The molecule has 24 heavy (non-hydrogen) atoms. The van der Waals surface area contributed by atoms with Crippen LogP contribution in [-0.4, -0.2) is 17.7 Å². The largest absolute Gasteiger partial charge is 0.334 e. The number of hydrogen-bond acceptors (Lipinski definition) is 3. The second-order valence-electron chi connectivity index (χ2n) is 5.58. The Morgan fingerprint density at radius 1 is 1.04 bits per heavy atom. The molecule has 0 aliphatic heterocycles. The number of carbonyl (C=O) groups excluding carboxylic acids is 2. The summed E-state index contributed by atoms with van der Waals surface area (Å²) in [4.78, 5) is 24.7. The highest BCUT2D eigenvalue weighted by atomic mass is 32.2. The summed E-state index contributed by atoms with van der Waals surface area (Å²) in [6.45, 7) is 4.50. The van der Waals surface area contributed by atoms with Gasteiger partial charge in [-0.3, -0.25) is 10.1 Å². The average Bonchev–Trinajstić information content (AvgIpc) is 2.57. The first-order valence-corrected chi connectivity index (χ1v) is 8.85. The van der Waals surface area contributed by atoms with Crippen molar-refractivity contribution in [1.29, 1.82) is 0 Å². The number of benzene rings is 2. The van der Waals surface area contributed by atoms with Gasteiger partial charge < -0.3 is 5.32 Å². The number of amides is 3. The lowest BCUT2D eigenvalue weighted by Gasteiger charge is -2.08. The third-order valence-electron chi connectivity index (χ3n) is 3.48. The van der Waals surface area contributed by atoms with Crippen LogP contribution in [0.5, 0.6) is 0 Å². The van der Waals surface area contributed by atoms with Crippen molar-refractivity contribution in [2.45, 2.75) is 31.7 Å². The van der Waals surface area contributed by atoms with Gasteiger partial charge in [-0.25, -0.2) is 4.79 Å². The number of imide groups is 1. The quantitative estimate of drug-likeness (QED) is 0.785. The van der Waals surface area contributed by atoms with Gasteiger partial charge in [0.05, 0.1) is 0 Å². The molecule has 0 atom stereocenters. The predicted octanol–water partition coefficient (Wildman–Crippen LogP) is 3.81. The second-order valence-corrected chi connectivity index (χ2v) is 6.72. The lowest BCUT2D eigenvalue weighted by atomic mass is 10.2. The van der Waals surface area contributed by atoms with Gasteiger partial charge >= 0.3 is 6.03 Å². The van der Waals surface area contributed by atoms with E-state index < -0.39 is 6.03 Å². The Morgan fingerprint density at radius 2 is 1.79 bits per heavy atom. The van der Waals surface area contributed by atoms with Crippen molar-refractivity contribution < 1.29 is 9.59 Å². The minimum Gasteiger partial charge on any atom is -0.334 e. The summed E-state index contributed by atoms with van der Waals surface area (Å²) in [5, 5.41) is 5.04. The van der Waals surface area contributed by atoms with E-state index in [4.69, 9.17) is 0 Å². The zero-order chi connectivity index (χ0) is 17.4. The molecule has 4 nitrogen and oxygen atoms in total. The van der Waals surface area contributed by atoms with E-state index in [0.29, 0.717) is 18.7 Å². The van der Waals surface area contributed by atoms with Crippen LogP contribution in [0.3, 0.4) is 0 Å². The fourth-order valence-corrected chi connectivity index (χ4v) is 3.20. The number of aryl methyl sites for hydroxylation is 2. The van der Waals surface area contributed by atoms with E-state index >= 15 is 0 Å². The van der Waals surface area contributed by atoms with Crippen LogP contribution in [0, 0.1) is 13.8 Å². The van der Waals surface area contributed by atoms with Crippen LogP contribution in [0.15, 0.2) is 53.4 Å². The second kappa shape index (κ2) is 9.13. The van der Waals surface area contributed by atoms with E-state index in [-0.39, 0.29) is 5.91 Å². The Bertz CT molecular complexity index is 702. The number of nitrogens with one attached hydrogen (secondary N) is 2. The van der Waals surface area contributed by atoms with Crippen LogP contribution in [0.1, 0.15) is 23.1 Å². The minimum atomic E-state index is -0.458. The third-order valence-corrected chi connectivity index (χ3v) is 4.64. The van der Waals surface area contributed by atoms with E-state index in [1.165, 1.54) is 16.0 Å². The van der Waals surface area contributed by atoms with Gasteiger partial charge in [0.25, 0.3) is 0 Å². The first kappa shape index (κ1) is 18.1. The normalized spacial score (nSPS) is 10.2. The van der Waals surface area contributed by atoms with Crippen molar-refractivity contribution in [2.24, 2.45) is 0 Å². The standard InChI is InChI=1S/C19H22N2O2S/c1-14-8-9-15(2)17(12-14)24-11-10-18(22)21-19(23)20-13-16-6-4-3-5-7-16/h3-9,12H,10-11,13H2,1-2H3,(H2,20,21,22,23). The predicted molar refractivity (Wildman–Crippen MR) is 98.1 cm³/mol. The molecule has 3 amide bonds.